The van der Waals surface area contributed by atoms with E-state index in [1.807, 2.05) is 0 Å². The zero-order valence-corrected chi connectivity index (χ0v) is 11.2. The summed E-state index contributed by atoms with van der Waals surface area (Å²) in [7, 11) is 0. The summed E-state index contributed by atoms with van der Waals surface area (Å²) in [4.78, 5) is 24.6. The Kier molecular flexibility index (Phi) is 4.17. The van der Waals surface area contributed by atoms with Gasteiger partial charge in [-0.3, -0.25) is 4.79 Å². The number of aliphatic carboxylic acids is 1. The summed E-state index contributed by atoms with van der Waals surface area (Å²) in [5.74, 6) is -0.932. The summed E-state index contributed by atoms with van der Waals surface area (Å²) in [6.07, 6.45) is 3.12. The van der Waals surface area contributed by atoms with E-state index in [9.17, 15) is 9.59 Å². The van der Waals surface area contributed by atoms with Crippen molar-refractivity contribution in [2.45, 2.75) is 65.5 Å². The van der Waals surface area contributed by atoms with Crippen LogP contribution in [0.4, 0.5) is 0 Å². The Morgan fingerprint density at radius 3 is 2.24 bits per heavy atom. The molecular formula is C13H23NO3. The van der Waals surface area contributed by atoms with E-state index in [0.29, 0.717) is 6.42 Å². The van der Waals surface area contributed by atoms with Gasteiger partial charge >= 0.3 is 5.97 Å². The molecule has 1 fully saturated rings. The fourth-order valence-electron chi connectivity index (χ4n) is 1.82. The molecule has 0 aromatic carbocycles. The van der Waals surface area contributed by atoms with Crippen LogP contribution in [-0.4, -0.2) is 34.0 Å². The second-order valence-corrected chi connectivity index (χ2v) is 6.11. The van der Waals surface area contributed by atoms with E-state index in [1.54, 1.807) is 11.8 Å². The fraction of sp³-hybridized carbons (Fsp3) is 0.846. The predicted molar refractivity (Wildman–Crippen MR) is 65.7 cm³/mol. The molecule has 1 amide bonds. The Balaban J connectivity index is 2.59. The first-order chi connectivity index (χ1) is 7.72. The molecule has 0 heterocycles. The van der Waals surface area contributed by atoms with E-state index in [0.717, 1.165) is 19.3 Å². The van der Waals surface area contributed by atoms with Crippen LogP contribution in [-0.2, 0) is 9.59 Å². The quantitative estimate of drug-likeness (QED) is 0.803. The van der Waals surface area contributed by atoms with E-state index in [1.165, 1.54) is 0 Å². The van der Waals surface area contributed by atoms with Gasteiger partial charge in [-0.1, -0.05) is 20.8 Å². The minimum absolute atomic E-state index is 0.0164. The highest BCUT2D eigenvalue weighted by Gasteiger charge is 2.38. The summed E-state index contributed by atoms with van der Waals surface area (Å²) in [6, 6.07) is -0.538. The highest BCUT2D eigenvalue weighted by Crippen LogP contribution is 2.30. The van der Waals surface area contributed by atoms with Crippen molar-refractivity contribution < 1.29 is 14.7 Å². The van der Waals surface area contributed by atoms with Gasteiger partial charge in [0.25, 0.3) is 0 Å². The second-order valence-electron chi connectivity index (χ2n) is 6.11. The summed E-state index contributed by atoms with van der Waals surface area (Å²) in [5, 5.41) is 9.01. The van der Waals surface area contributed by atoms with Gasteiger partial charge in [0, 0.05) is 12.5 Å². The summed E-state index contributed by atoms with van der Waals surface area (Å²) in [6.45, 7) is 7.85. The lowest BCUT2D eigenvalue weighted by molar-refractivity contribution is -0.150. The molecule has 17 heavy (non-hydrogen) atoms. The Labute approximate surface area is 103 Å². The maximum absolute atomic E-state index is 12.1. The average molecular weight is 241 g/mol. The van der Waals surface area contributed by atoms with E-state index < -0.39 is 12.0 Å². The minimum Gasteiger partial charge on any atom is -0.480 e. The topological polar surface area (TPSA) is 57.6 Å². The van der Waals surface area contributed by atoms with Crippen molar-refractivity contribution in [2.24, 2.45) is 5.41 Å². The highest BCUT2D eigenvalue weighted by atomic mass is 16.4. The van der Waals surface area contributed by atoms with Crippen molar-refractivity contribution in [3.8, 4) is 0 Å². The van der Waals surface area contributed by atoms with Crippen LogP contribution in [0.25, 0.3) is 0 Å². The van der Waals surface area contributed by atoms with Crippen molar-refractivity contribution >= 4 is 11.9 Å². The molecule has 1 atom stereocenters. The molecule has 0 aliphatic heterocycles. The first-order valence-electron chi connectivity index (χ1n) is 6.26. The first kappa shape index (κ1) is 14.0. The lowest BCUT2D eigenvalue weighted by atomic mass is 9.90. The van der Waals surface area contributed by atoms with E-state index in [4.69, 9.17) is 5.11 Å². The fourth-order valence-corrected chi connectivity index (χ4v) is 1.82. The highest BCUT2D eigenvalue weighted by molar-refractivity contribution is 5.84. The number of carbonyl (C=O) groups is 2. The number of amides is 1. The van der Waals surface area contributed by atoms with Gasteiger partial charge in [-0.05, 0) is 31.6 Å². The van der Waals surface area contributed by atoms with Crippen LogP contribution >= 0.6 is 0 Å². The van der Waals surface area contributed by atoms with Crippen LogP contribution in [0.5, 0.6) is 0 Å². The van der Waals surface area contributed by atoms with Gasteiger partial charge in [0.2, 0.25) is 5.91 Å². The average Bonchev–Trinajstić information content (AvgIpc) is 2.97. The molecule has 1 unspecified atom stereocenters. The third kappa shape index (κ3) is 4.36. The van der Waals surface area contributed by atoms with Crippen molar-refractivity contribution in [1.82, 2.24) is 4.90 Å². The van der Waals surface area contributed by atoms with Crippen molar-refractivity contribution in [2.75, 3.05) is 0 Å². The summed E-state index contributed by atoms with van der Waals surface area (Å²) >= 11 is 0. The third-order valence-electron chi connectivity index (χ3n) is 3.09. The molecule has 1 aliphatic carbocycles. The Morgan fingerprint density at radius 2 is 1.88 bits per heavy atom. The SMILES string of the molecule is CC(C(=O)O)N(C(=O)CCC(C)(C)C)C1CC1. The number of hydrogen-bond donors (Lipinski definition) is 1. The van der Waals surface area contributed by atoms with Crippen molar-refractivity contribution in [3.05, 3.63) is 0 Å². The molecular weight excluding hydrogens is 218 g/mol. The Bertz CT molecular complexity index is 302. The lowest BCUT2D eigenvalue weighted by Crippen LogP contribution is -2.44. The Hall–Kier alpha value is -1.06. The molecule has 0 radical (unpaired) electrons. The van der Waals surface area contributed by atoms with Crippen LogP contribution in [0.1, 0.15) is 53.4 Å². The molecule has 4 nitrogen and oxygen atoms in total. The van der Waals surface area contributed by atoms with Crippen LogP contribution in [0.2, 0.25) is 0 Å². The van der Waals surface area contributed by atoms with E-state index >= 15 is 0 Å². The van der Waals surface area contributed by atoms with E-state index in [-0.39, 0.29) is 17.4 Å². The van der Waals surface area contributed by atoms with E-state index in [2.05, 4.69) is 20.8 Å². The predicted octanol–water partition coefficient (Wildman–Crippen LogP) is 2.28. The molecule has 0 spiro atoms. The van der Waals surface area contributed by atoms with Gasteiger partial charge in [-0.25, -0.2) is 4.79 Å². The van der Waals surface area contributed by atoms with Gasteiger partial charge in [-0.2, -0.15) is 0 Å². The van der Waals surface area contributed by atoms with Crippen molar-refractivity contribution in [3.63, 3.8) is 0 Å². The molecule has 4 heteroatoms. The molecule has 0 bridgehead atoms. The largest absolute Gasteiger partial charge is 0.480 e. The zero-order chi connectivity index (χ0) is 13.2. The molecule has 98 valence electrons. The van der Waals surface area contributed by atoms with Gasteiger partial charge in [0.1, 0.15) is 6.04 Å². The van der Waals surface area contributed by atoms with Gasteiger partial charge < -0.3 is 10.0 Å². The monoisotopic (exact) mass is 241 g/mol. The Morgan fingerprint density at radius 1 is 1.35 bits per heavy atom. The van der Waals surface area contributed by atoms with Gasteiger partial charge in [0.15, 0.2) is 0 Å². The normalized spacial score (nSPS) is 17.6. The first-order valence-corrected chi connectivity index (χ1v) is 6.26. The number of carbonyl (C=O) groups excluding carboxylic acids is 1. The van der Waals surface area contributed by atoms with Crippen LogP contribution in [0.15, 0.2) is 0 Å². The molecule has 0 aromatic rings. The summed E-state index contributed by atoms with van der Waals surface area (Å²) < 4.78 is 0. The molecule has 1 aliphatic rings. The molecule has 1 N–H and O–H groups in total. The smallest absolute Gasteiger partial charge is 0.326 e. The molecule has 1 saturated carbocycles. The lowest BCUT2D eigenvalue weighted by Gasteiger charge is -2.28. The van der Waals surface area contributed by atoms with Crippen LogP contribution in [0, 0.1) is 5.41 Å². The maximum atomic E-state index is 12.1. The number of carboxylic acids is 1. The molecule has 0 aromatic heterocycles. The van der Waals surface area contributed by atoms with Gasteiger partial charge in [0.05, 0.1) is 0 Å². The second kappa shape index (κ2) is 5.07. The minimum atomic E-state index is -0.916. The van der Waals surface area contributed by atoms with Crippen molar-refractivity contribution in [1.29, 1.82) is 0 Å². The summed E-state index contributed by atoms with van der Waals surface area (Å²) in [5.41, 5.74) is 0.108. The van der Waals surface area contributed by atoms with Gasteiger partial charge in [-0.15, -0.1) is 0 Å². The number of hydrogen-bond acceptors (Lipinski definition) is 2. The number of nitrogens with zero attached hydrogens (tertiary/aromatic N) is 1. The third-order valence-corrected chi connectivity index (χ3v) is 3.09. The number of rotatable bonds is 5. The number of carboxylic acid groups (broad SMARTS) is 1. The zero-order valence-electron chi connectivity index (χ0n) is 11.2. The van der Waals surface area contributed by atoms with Crippen LogP contribution < -0.4 is 0 Å². The molecule has 1 rings (SSSR count). The standard InChI is InChI=1S/C13H23NO3/c1-9(12(16)17)14(10-5-6-10)11(15)7-8-13(2,3)4/h9-10H,5-8H2,1-4H3,(H,16,17). The van der Waals surface area contributed by atoms with Crippen LogP contribution in [0.3, 0.4) is 0 Å². The molecule has 0 saturated heterocycles. The maximum Gasteiger partial charge on any atom is 0.326 e.